The van der Waals surface area contributed by atoms with Crippen LogP contribution < -0.4 is 4.74 Å². The summed E-state index contributed by atoms with van der Waals surface area (Å²) in [5.41, 5.74) is 4.16. The lowest BCUT2D eigenvalue weighted by atomic mass is 9.73. The van der Waals surface area contributed by atoms with Crippen molar-refractivity contribution in [1.82, 2.24) is 10.2 Å². The predicted octanol–water partition coefficient (Wildman–Crippen LogP) is 4.13. The highest BCUT2D eigenvalue weighted by molar-refractivity contribution is 5.71. The molecule has 152 valence electrons. The third-order valence-corrected chi connectivity index (χ3v) is 4.99. The number of esters is 1. The van der Waals surface area contributed by atoms with Crippen LogP contribution in [0.4, 0.5) is 0 Å². The van der Waals surface area contributed by atoms with E-state index in [1.54, 1.807) is 19.1 Å². The van der Waals surface area contributed by atoms with Crippen LogP contribution in [0.15, 0.2) is 24.3 Å². The van der Waals surface area contributed by atoms with E-state index in [-0.39, 0.29) is 23.4 Å². The van der Waals surface area contributed by atoms with Crippen LogP contribution >= 0.6 is 0 Å². The van der Waals surface area contributed by atoms with Gasteiger partial charge in [-0.05, 0) is 75.3 Å². The first-order valence-electron chi connectivity index (χ1n) is 9.94. The number of rotatable bonds is 3. The molecule has 0 amide bonds. The standard InChI is InChI=1S/C24H28N2O3/c1-7-28-22(27)14-19-11-10-18(25-26-19)9-8-17-13-20-21(12-16(17)2)29-24(5,6)15-23(20,3)4/h10-13H,7,14-15H2,1-6H3. The van der Waals surface area contributed by atoms with Gasteiger partial charge in [0.1, 0.15) is 17.0 Å². The number of carbonyl (C=O) groups excluding carboxylic acids is 1. The van der Waals surface area contributed by atoms with Gasteiger partial charge in [-0.2, -0.15) is 5.10 Å². The van der Waals surface area contributed by atoms with Crippen molar-refractivity contribution in [1.29, 1.82) is 0 Å². The number of aromatic nitrogens is 2. The van der Waals surface area contributed by atoms with Gasteiger partial charge in [-0.1, -0.05) is 19.8 Å². The predicted molar refractivity (Wildman–Crippen MR) is 112 cm³/mol. The van der Waals surface area contributed by atoms with E-state index in [4.69, 9.17) is 9.47 Å². The number of ether oxygens (including phenoxy) is 2. The highest BCUT2D eigenvalue weighted by atomic mass is 16.5. The largest absolute Gasteiger partial charge is 0.488 e. The van der Waals surface area contributed by atoms with Crippen molar-refractivity contribution in [2.24, 2.45) is 0 Å². The van der Waals surface area contributed by atoms with Crippen LogP contribution in [-0.2, 0) is 21.4 Å². The molecular formula is C24H28N2O3. The molecule has 0 spiro atoms. The minimum absolute atomic E-state index is 0.00969. The third kappa shape index (κ3) is 4.95. The van der Waals surface area contributed by atoms with Gasteiger partial charge >= 0.3 is 5.97 Å². The maximum absolute atomic E-state index is 11.5. The average Bonchev–Trinajstić information content (AvgIpc) is 2.60. The molecule has 0 bridgehead atoms. The number of aryl methyl sites for hydroxylation is 1. The van der Waals surface area contributed by atoms with Crippen LogP contribution in [0, 0.1) is 18.8 Å². The van der Waals surface area contributed by atoms with E-state index in [0.29, 0.717) is 18.0 Å². The molecule has 5 nitrogen and oxygen atoms in total. The Labute approximate surface area is 172 Å². The zero-order valence-corrected chi connectivity index (χ0v) is 18.0. The molecule has 0 saturated heterocycles. The van der Waals surface area contributed by atoms with Crippen molar-refractivity contribution in [2.45, 2.75) is 65.4 Å². The van der Waals surface area contributed by atoms with Crippen LogP contribution in [0.1, 0.15) is 69.1 Å². The molecule has 1 aromatic carbocycles. The summed E-state index contributed by atoms with van der Waals surface area (Å²) in [6, 6.07) is 7.75. The number of benzene rings is 1. The molecule has 1 aliphatic heterocycles. The van der Waals surface area contributed by atoms with Gasteiger partial charge in [-0.25, -0.2) is 0 Å². The number of hydrogen-bond donors (Lipinski definition) is 0. The van der Waals surface area contributed by atoms with Crippen molar-refractivity contribution < 1.29 is 14.3 Å². The quantitative estimate of drug-likeness (QED) is 0.581. The van der Waals surface area contributed by atoms with Gasteiger partial charge in [-0.15, -0.1) is 5.10 Å². The van der Waals surface area contributed by atoms with Crippen molar-refractivity contribution in [3.05, 3.63) is 52.3 Å². The molecular weight excluding hydrogens is 364 g/mol. The Balaban J connectivity index is 1.84. The number of fused-ring (bicyclic) bond motifs is 1. The fourth-order valence-corrected chi connectivity index (χ4v) is 3.93. The maximum atomic E-state index is 11.5. The molecule has 0 unspecified atom stereocenters. The first kappa shape index (κ1) is 20.9. The van der Waals surface area contributed by atoms with E-state index in [1.165, 1.54) is 5.56 Å². The number of carbonyl (C=O) groups is 1. The van der Waals surface area contributed by atoms with Gasteiger partial charge in [0.15, 0.2) is 0 Å². The third-order valence-electron chi connectivity index (χ3n) is 4.99. The Kier molecular flexibility index (Phi) is 5.66. The maximum Gasteiger partial charge on any atom is 0.311 e. The van der Waals surface area contributed by atoms with Gasteiger partial charge in [0, 0.05) is 11.1 Å². The van der Waals surface area contributed by atoms with Crippen molar-refractivity contribution >= 4 is 5.97 Å². The summed E-state index contributed by atoms with van der Waals surface area (Å²) >= 11 is 0. The topological polar surface area (TPSA) is 61.3 Å². The van der Waals surface area contributed by atoms with Gasteiger partial charge in [0.2, 0.25) is 0 Å². The summed E-state index contributed by atoms with van der Waals surface area (Å²) < 4.78 is 11.1. The van der Waals surface area contributed by atoms with Crippen LogP contribution in [0.3, 0.4) is 0 Å². The smallest absolute Gasteiger partial charge is 0.311 e. The molecule has 1 aliphatic rings. The Morgan fingerprint density at radius 3 is 2.59 bits per heavy atom. The molecule has 2 aromatic rings. The lowest BCUT2D eigenvalue weighted by molar-refractivity contribution is -0.142. The van der Waals surface area contributed by atoms with Crippen LogP contribution in [0.25, 0.3) is 0 Å². The van der Waals surface area contributed by atoms with Gasteiger partial charge in [-0.3, -0.25) is 4.79 Å². The summed E-state index contributed by atoms with van der Waals surface area (Å²) in [6.07, 6.45) is 1.06. The molecule has 0 radical (unpaired) electrons. The van der Waals surface area contributed by atoms with Crippen LogP contribution in [0.5, 0.6) is 5.75 Å². The van der Waals surface area contributed by atoms with E-state index in [2.05, 4.69) is 61.9 Å². The molecule has 2 heterocycles. The molecule has 3 rings (SSSR count). The molecule has 29 heavy (non-hydrogen) atoms. The monoisotopic (exact) mass is 392 g/mol. The first-order chi connectivity index (χ1) is 13.6. The molecule has 0 N–H and O–H groups in total. The van der Waals surface area contributed by atoms with Crippen molar-refractivity contribution in [3.63, 3.8) is 0 Å². The summed E-state index contributed by atoms with van der Waals surface area (Å²) in [6.45, 7) is 12.9. The molecule has 5 heteroatoms. The summed E-state index contributed by atoms with van der Waals surface area (Å²) in [5, 5.41) is 8.19. The second kappa shape index (κ2) is 7.87. The summed E-state index contributed by atoms with van der Waals surface area (Å²) in [5.74, 6) is 6.93. The van der Waals surface area contributed by atoms with Gasteiger partial charge in [0.05, 0.1) is 18.7 Å². The van der Waals surface area contributed by atoms with E-state index in [9.17, 15) is 4.79 Å². The number of hydrogen-bond acceptors (Lipinski definition) is 5. The van der Waals surface area contributed by atoms with Gasteiger partial charge < -0.3 is 9.47 Å². The Morgan fingerprint density at radius 1 is 1.17 bits per heavy atom. The minimum Gasteiger partial charge on any atom is -0.488 e. The van der Waals surface area contributed by atoms with E-state index in [1.807, 2.05) is 6.92 Å². The first-order valence-corrected chi connectivity index (χ1v) is 9.94. The molecule has 0 aliphatic carbocycles. The average molecular weight is 392 g/mol. The fourth-order valence-electron chi connectivity index (χ4n) is 3.93. The Hall–Kier alpha value is -2.87. The van der Waals surface area contributed by atoms with Crippen LogP contribution in [0.2, 0.25) is 0 Å². The second-order valence-electron chi connectivity index (χ2n) is 8.73. The zero-order chi connectivity index (χ0) is 21.2. The van der Waals surface area contributed by atoms with E-state index < -0.39 is 0 Å². The zero-order valence-electron chi connectivity index (χ0n) is 18.0. The minimum atomic E-state index is -0.307. The van der Waals surface area contributed by atoms with Gasteiger partial charge in [0.25, 0.3) is 0 Å². The van der Waals surface area contributed by atoms with Crippen molar-refractivity contribution in [3.8, 4) is 17.6 Å². The molecule has 0 saturated carbocycles. The van der Waals surface area contributed by atoms with E-state index in [0.717, 1.165) is 23.3 Å². The fraction of sp³-hybridized carbons (Fsp3) is 0.458. The lowest BCUT2D eigenvalue weighted by Crippen LogP contribution is -2.41. The normalized spacial score (nSPS) is 16.1. The molecule has 0 fully saturated rings. The summed E-state index contributed by atoms with van der Waals surface area (Å²) in [4.78, 5) is 11.5. The highest BCUT2D eigenvalue weighted by Crippen LogP contribution is 2.45. The molecule has 0 atom stereocenters. The Morgan fingerprint density at radius 2 is 1.93 bits per heavy atom. The highest BCUT2D eigenvalue weighted by Gasteiger charge is 2.39. The summed E-state index contributed by atoms with van der Waals surface area (Å²) in [7, 11) is 0. The van der Waals surface area contributed by atoms with Crippen molar-refractivity contribution in [2.75, 3.05) is 6.61 Å². The second-order valence-corrected chi connectivity index (χ2v) is 8.73. The Bertz CT molecular complexity index is 980. The SMILES string of the molecule is CCOC(=O)Cc1ccc(C#Cc2cc3c(cc2C)OC(C)(C)CC3(C)C)nn1. The number of nitrogens with zero attached hydrogens (tertiary/aromatic N) is 2. The van der Waals surface area contributed by atoms with Crippen LogP contribution in [-0.4, -0.2) is 28.4 Å². The lowest BCUT2D eigenvalue weighted by Gasteiger charge is -2.42. The molecule has 1 aromatic heterocycles. The van der Waals surface area contributed by atoms with E-state index >= 15 is 0 Å².